The van der Waals surface area contributed by atoms with Crippen molar-refractivity contribution in [2.24, 2.45) is 17.3 Å². The molecule has 0 aromatic rings. The molecule has 0 unspecified atom stereocenters. The Morgan fingerprint density at radius 1 is 1.18 bits per heavy atom. The van der Waals surface area contributed by atoms with Crippen molar-refractivity contribution in [1.82, 2.24) is 14.7 Å². The van der Waals surface area contributed by atoms with Crippen LogP contribution >= 0.6 is 0 Å². The van der Waals surface area contributed by atoms with E-state index in [1.165, 1.54) is 12.8 Å². The zero-order valence-corrected chi connectivity index (χ0v) is 14.3. The lowest BCUT2D eigenvalue weighted by Gasteiger charge is -2.59. The summed E-state index contributed by atoms with van der Waals surface area (Å²) in [4.78, 5) is 18.7. The second kappa shape index (κ2) is 6.22. The summed E-state index contributed by atoms with van der Waals surface area (Å²) >= 11 is 0. The van der Waals surface area contributed by atoms with Crippen LogP contribution in [0.2, 0.25) is 0 Å². The first kappa shape index (κ1) is 15.8. The maximum Gasteiger partial charge on any atom is 0.298 e. The van der Waals surface area contributed by atoms with Crippen LogP contribution in [0, 0.1) is 29.1 Å². The quantitative estimate of drug-likeness (QED) is 0.716. The van der Waals surface area contributed by atoms with Crippen LogP contribution in [0.15, 0.2) is 0 Å². The highest BCUT2D eigenvalue weighted by molar-refractivity contribution is 5.94. The van der Waals surface area contributed by atoms with Crippen LogP contribution < -0.4 is 0 Å². The van der Waals surface area contributed by atoms with Gasteiger partial charge in [-0.15, -0.1) is 0 Å². The van der Waals surface area contributed by atoms with Gasteiger partial charge >= 0.3 is 0 Å². The molecule has 1 aliphatic carbocycles. The van der Waals surface area contributed by atoms with Gasteiger partial charge in [0.1, 0.15) is 0 Å². The second-order valence-corrected chi connectivity index (χ2v) is 7.95. The van der Waals surface area contributed by atoms with E-state index in [1.807, 2.05) is 4.90 Å². The summed E-state index contributed by atoms with van der Waals surface area (Å²) in [6.07, 6.45) is 2.62. The van der Waals surface area contributed by atoms with Crippen molar-refractivity contribution in [3.8, 4) is 11.8 Å². The first-order chi connectivity index (χ1) is 10.5. The molecule has 3 fully saturated rings. The molecule has 2 saturated heterocycles. The molecule has 0 radical (unpaired) electrons. The van der Waals surface area contributed by atoms with Gasteiger partial charge in [-0.3, -0.25) is 9.69 Å². The van der Waals surface area contributed by atoms with E-state index in [2.05, 4.69) is 42.5 Å². The summed E-state index contributed by atoms with van der Waals surface area (Å²) in [6.45, 7) is 11.5. The van der Waals surface area contributed by atoms with Crippen LogP contribution in [0.3, 0.4) is 0 Å². The van der Waals surface area contributed by atoms with Crippen molar-refractivity contribution in [2.75, 3.05) is 52.9 Å². The zero-order valence-electron chi connectivity index (χ0n) is 14.3. The van der Waals surface area contributed by atoms with Gasteiger partial charge in [-0.2, -0.15) is 0 Å². The number of hydrogen-bond donors (Lipinski definition) is 0. The van der Waals surface area contributed by atoms with Gasteiger partial charge < -0.3 is 9.80 Å². The van der Waals surface area contributed by atoms with Crippen LogP contribution in [0.4, 0.5) is 0 Å². The molecule has 3 rings (SSSR count). The number of carbonyl (C=O) groups is 1. The van der Waals surface area contributed by atoms with Gasteiger partial charge in [0.15, 0.2) is 0 Å². The Bertz CT molecular complexity index is 468. The number of amides is 1. The predicted octanol–water partition coefficient (Wildman–Crippen LogP) is 1.13. The third-order valence-electron chi connectivity index (χ3n) is 5.77. The van der Waals surface area contributed by atoms with Crippen molar-refractivity contribution in [2.45, 2.75) is 26.7 Å². The molecule has 4 heteroatoms. The fourth-order valence-corrected chi connectivity index (χ4v) is 4.00. The van der Waals surface area contributed by atoms with Gasteiger partial charge in [0.2, 0.25) is 0 Å². The highest BCUT2D eigenvalue weighted by atomic mass is 16.2. The number of nitrogens with zero attached hydrogens (tertiary/aromatic N) is 3. The SMILES string of the molecule is CC(C)C1CC2(C1)CN(C(=O)C#CCN1CCN(C)CC1)C2. The average Bonchev–Trinajstić information content (AvgIpc) is 2.37. The van der Waals surface area contributed by atoms with E-state index < -0.39 is 0 Å². The molecule has 2 aliphatic heterocycles. The summed E-state index contributed by atoms with van der Waals surface area (Å²) in [5.41, 5.74) is 0.462. The van der Waals surface area contributed by atoms with Crippen molar-refractivity contribution >= 4 is 5.91 Å². The molecule has 0 aromatic heterocycles. The summed E-state index contributed by atoms with van der Waals surface area (Å²) < 4.78 is 0. The molecular weight excluding hydrogens is 274 g/mol. The Morgan fingerprint density at radius 3 is 2.41 bits per heavy atom. The van der Waals surface area contributed by atoms with Gasteiger partial charge in [-0.05, 0) is 37.6 Å². The zero-order chi connectivity index (χ0) is 15.7. The van der Waals surface area contributed by atoms with E-state index in [4.69, 9.17) is 0 Å². The van der Waals surface area contributed by atoms with Crippen molar-refractivity contribution in [1.29, 1.82) is 0 Å². The second-order valence-electron chi connectivity index (χ2n) is 7.95. The summed E-state index contributed by atoms with van der Waals surface area (Å²) in [5, 5.41) is 0. The van der Waals surface area contributed by atoms with E-state index in [9.17, 15) is 4.79 Å². The largest absolute Gasteiger partial charge is 0.331 e. The smallest absolute Gasteiger partial charge is 0.298 e. The Kier molecular flexibility index (Phi) is 4.47. The lowest BCUT2D eigenvalue weighted by molar-refractivity contribution is -0.151. The summed E-state index contributed by atoms with van der Waals surface area (Å²) in [5.74, 6) is 7.62. The van der Waals surface area contributed by atoms with Crippen molar-refractivity contribution in [3.05, 3.63) is 0 Å². The van der Waals surface area contributed by atoms with E-state index in [0.29, 0.717) is 5.41 Å². The van der Waals surface area contributed by atoms with Gasteiger partial charge in [-0.25, -0.2) is 0 Å². The highest BCUT2D eigenvalue weighted by Crippen LogP contribution is 2.54. The minimum atomic E-state index is 0.0350. The molecule has 4 nitrogen and oxygen atoms in total. The first-order valence-corrected chi connectivity index (χ1v) is 8.66. The molecule has 2 heterocycles. The highest BCUT2D eigenvalue weighted by Gasteiger charge is 2.53. The standard InChI is InChI=1S/C18H29N3O/c1-15(2)16-11-18(12-16)13-21(14-18)17(22)5-4-6-20-9-7-19(3)8-10-20/h15-16H,6-14H2,1-3H3. The lowest BCUT2D eigenvalue weighted by Crippen LogP contribution is -2.64. The van der Waals surface area contributed by atoms with Gasteiger partial charge in [-0.1, -0.05) is 19.8 Å². The number of rotatable bonds is 2. The number of likely N-dealkylation sites (tertiary alicyclic amines) is 1. The van der Waals surface area contributed by atoms with Crippen LogP contribution in [0.5, 0.6) is 0 Å². The number of carbonyl (C=O) groups excluding carboxylic acids is 1. The van der Waals surface area contributed by atoms with Gasteiger partial charge in [0, 0.05) is 44.7 Å². The molecule has 0 aromatic carbocycles. The van der Waals surface area contributed by atoms with E-state index in [1.54, 1.807) is 0 Å². The number of piperazine rings is 1. The monoisotopic (exact) mass is 303 g/mol. The van der Waals surface area contributed by atoms with Crippen LogP contribution in [-0.4, -0.2) is 73.5 Å². The van der Waals surface area contributed by atoms with Crippen LogP contribution in [-0.2, 0) is 4.79 Å². The maximum atomic E-state index is 12.1. The summed E-state index contributed by atoms with van der Waals surface area (Å²) in [7, 11) is 2.15. The molecule has 122 valence electrons. The average molecular weight is 303 g/mol. The Morgan fingerprint density at radius 2 is 1.82 bits per heavy atom. The Balaban J connectivity index is 1.37. The molecule has 22 heavy (non-hydrogen) atoms. The van der Waals surface area contributed by atoms with Gasteiger partial charge in [0.05, 0.1) is 6.54 Å². The first-order valence-electron chi connectivity index (χ1n) is 8.66. The normalized spacial score (nSPS) is 25.5. The van der Waals surface area contributed by atoms with Crippen molar-refractivity contribution in [3.63, 3.8) is 0 Å². The summed E-state index contributed by atoms with van der Waals surface area (Å²) in [6, 6.07) is 0. The van der Waals surface area contributed by atoms with Crippen LogP contribution in [0.25, 0.3) is 0 Å². The molecule has 1 amide bonds. The molecule has 0 N–H and O–H groups in total. The minimum Gasteiger partial charge on any atom is -0.331 e. The van der Waals surface area contributed by atoms with E-state index >= 15 is 0 Å². The lowest BCUT2D eigenvalue weighted by atomic mass is 9.55. The number of hydrogen-bond acceptors (Lipinski definition) is 3. The van der Waals surface area contributed by atoms with E-state index in [0.717, 1.165) is 57.6 Å². The molecule has 0 bridgehead atoms. The van der Waals surface area contributed by atoms with Crippen LogP contribution in [0.1, 0.15) is 26.7 Å². The third kappa shape index (κ3) is 3.31. The third-order valence-corrected chi connectivity index (χ3v) is 5.77. The molecule has 1 saturated carbocycles. The van der Waals surface area contributed by atoms with E-state index in [-0.39, 0.29) is 5.91 Å². The molecule has 3 aliphatic rings. The fraction of sp³-hybridized carbons (Fsp3) is 0.833. The predicted molar refractivity (Wildman–Crippen MR) is 88.3 cm³/mol. The maximum absolute atomic E-state index is 12.1. The minimum absolute atomic E-state index is 0.0350. The van der Waals surface area contributed by atoms with Crippen molar-refractivity contribution < 1.29 is 4.79 Å². The molecule has 1 spiro atoms. The fourth-order valence-electron chi connectivity index (χ4n) is 4.00. The Labute approximate surface area is 134 Å². The molecular formula is C18H29N3O. The molecule has 0 atom stereocenters. The number of likely N-dealkylation sites (N-methyl/N-ethyl adjacent to an activating group) is 1. The topological polar surface area (TPSA) is 26.8 Å². The Hall–Kier alpha value is -1.05. The van der Waals surface area contributed by atoms with Gasteiger partial charge in [0.25, 0.3) is 5.91 Å².